The number of halogens is 2. The Balaban J connectivity index is 1.53. The smallest absolute Gasteiger partial charge is 0.182 e. The molecule has 5 rings (SSSR count). The maximum Gasteiger partial charge on any atom is 0.182 e. The summed E-state index contributed by atoms with van der Waals surface area (Å²) in [4.78, 5) is 16.4. The Morgan fingerprint density at radius 2 is 1.84 bits per heavy atom. The van der Waals surface area contributed by atoms with Crippen molar-refractivity contribution >= 4 is 40.2 Å². The van der Waals surface area contributed by atoms with Crippen LogP contribution in [0.4, 0.5) is 5.82 Å². The van der Waals surface area contributed by atoms with Crippen molar-refractivity contribution in [1.29, 1.82) is 0 Å². The monoisotopic (exact) mass is 536 g/mol. The Labute approximate surface area is 227 Å². The van der Waals surface area contributed by atoms with Crippen LogP contribution in [0.3, 0.4) is 0 Å². The molecule has 37 heavy (non-hydrogen) atoms. The van der Waals surface area contributed by atoms with Crippen LogP contribution in [-0.4, -0.2) is 49.2 Å². The second kappa shape index (κ2) is 10.2. The Bertz CT molecular complexity index is 1430. The molecular weight excluding hydrogens is 507 g/mol. The first-order valence-corrected chi connectivity index (χ1v) is 13.1. The van der Waals surface area contributed by atoms with Gasteiger partial charge in [0.05, 0.1) is 5.02 Å². The van der Waals surface area contributed by atoms with E-state index in [1.165, 1.54) is 0 Å². The summed E-state index contributed by atoms with van der Waals surface area (Å²) >= 11 is 12.8. The topological polar surface area (TPSA) is 68.1 Å². The first kappa shape index (κ1) is 25.4. The van der Waals surface area contributed by atoms with Crippen LogP contribution in [0.25, 0.3) is 28.2 Å². The van der Waals surface area contributed by atoms with Gasteiger partial charge in [0.15, 0.2) is 22.9 Å². The number of hydrogen-bond acceptors (Lipinski definition) is 6. The van der Waals surface area contributed by atoms with Crippen molar-refractivity contribution in [2.45, 2.75) is 45.3 Å². The van der Waals surface area contributed by atoms with Gasteiger partial charge in [0.1, 0.15) is 17.8 Å². The number of hydrogen-bond donors (Lipinski definition) is 1. The van der Waals surface area contributed by atoms with Gasteiger partial charge in [-0.05, 0) is 76.6 Å². The Kier molecular flexibility index (Phi) is 7.01. The largest absolute Gasteiger partial charge is 0.474 e. The third-order valence-electron chi connectivity index (χ3n) is 6.18. The minimum absolute atomic E-state index is 0.150. The highest BCUT2D eigenvalue weighted by atomic mass is 35.5. The number of benzene rings is 2. The molecule has 0 saturated carbocycles. The van der Waals surface area contributed by atoms with Crippen LogP contribution in [0.15, 0.2) is 67.3 Å². The molecule has 2 aromatic heterocycles. The van der Waals surface area contributed by atoms with Gasteiger partial charge in [-0.1, -0.05) is 35.3 Å². The van der Waals surface area contributed by atoms with Crippen LogP contribution in [0.2, 0.25) is 10.0 Å². The number of piperidine rings is 1. The first-order chi connectivity index (χ1) is 17.7. The fourth-order valence-electron chi connectivity index (χ4n) is 4.59. The first-order valence-electron chi connectivity index (χ1n) is 12.3. The molecule has 1 saturated heterocycles. The average Bonchev–Trinajstić information content (AvgIpc) is 3.24. The van der Waals surface area contributed by atoms with E-state index in [0.29, 0.717) is 38.7 Å². The second-order valence-electron chi connectivity index (χ2n) is 10.2. The molecule has 192 valence electrons. The van der Waals surface area contributed by atoms with E-state index in [-0.39, 0.29) is 11.6 Å². The number of aromatic nitrogens is 4. The fourth-order valence-corrected chi connectivity index (χ4v) is 4.93. The highest BCUT2D eigenvalue weighted by molar-refractivity contribution is 6.33. The van der Waals surface area contributed by atoms with E-state index in [9.17, 15) is 0 Å². The van der Waals surface area contributed by atoms with Gasteiger partial charge in [0.25, 0.3) is 0 Å². The standard InChI is InChI=1S/C28H30Cl2N6O/c1-18(37-28(2,3)4)35-15-7-8-20(16-35)33-25-24-27(32-17-31-25)36(21-13-11-19(29)12-14-21)26(34-24)22-9-5-6-10-23(22)30/h5-6,9-14,17,20H,1,7-8,15-16H2,2-4H3,(H,31,32,33). The van der Waals surface area contributed by atoms with E-state index in [2.05, 4.69) is 26.8 Å². The Hall–Kier alpha value is -3.29. The molecule has 1 N–H and O–H groups in total. The molecule has 3 heterocycles. The minimum atomic E-state index is -0.292. The molecule has 0 aliphatic carbocycles. The lowest BCUT2D eigenvalue weighted by Crippen LogP contribution is -2.43. The van der Waals surface area contributed by atoms with E-state index in [1.807, 2.05) is 73.9 Å². The van der Waals surface area contributed by atoms with E-state index in [4.69, 9.17) is 32.9 Å². The van der Waals surface area contributed by atoms with Crippen molar-refractivity contribution in [2.24, 2.45) is 0 Å². The van der Waals surface area contributed by atoms with Gasteiger partial charge in [-0.3, -0.25) is 4.57 Å². The molecule has 1 aliphatic heterocycles. The zero-order chi connectivity index (χ0) is 26.2. The zero-order valence-corrected chi connectivity index (χ0v) is 22.7. The third kappa shape index (κ3) is 5.53. The van der Waals surface area contributed by atoms with Gasteiger partial charge in [-0.15, -0.1) is 0 Å². The average molecular weight is 537 g/mol. The molecule has 0 bridgehead atoms. The van der Waals surface area contributed by atoms with Crippen LogP contribution >= 0.6 is 23.2 Å². The van der Waals surface area contributed by atoms with Gasteiger partial charge >= 0.3 is 0 Å². The van der Waals surface area contributed by atoms with E-state index in [0.717, 1.165) is 37.2 Å². The Morgan fingerprint density at radius 3 is 2.57 bits per heavy atom. The molecule has 1 fully saturated rings. The number of likely N-dealkylation sites (tertiary alicyclic amines) is 1. The molecule has 9 heteroatoms. The van der Waals surface area contributed by atoms with Gasteiger partial charge < -0.3 is 15.0 Å². The van der Waals surface area contributed by atoms with Crippen molar-refractivity contribution in [3.63, 3.8) is 0 Å². The summed E-state index contributed by atoms with van der Waals surface area (Å²) in [5.74, 6) is 2.06. The van der Waals surface area contributed by atoms with Crippen LogP contribution in [0.5, 0.6) is 0 Å². The second-order valence-corrected chi connectivity index (χ2v) is 11.0. The summed E-state index contributed by atoms with van der Waals surface area (Å²) in [5.41, 5.74) is 2.76. The van der Waals surface area contributed by atoms with Crippen molar-refractivity contribution < 1.29 is 4.74 Å². The number of imidazole rings is 1. The SMILES string of the molecule is C=C(OC(C)(C)C)N1CCCC(Nc2ncnc3c2nc(-c2ccccc2Cl)n3-c2ccc(Cl)cc2)C1. The summed E-state index contributed by atoms with van der Waals surface area (Å²) < 4.78 is 8.02. The van der Waals surface area contributed by atoms with Crippen LogP contribution < -0.4 is 5.32 Å². The highest BCUT2D eigenvalue weighted by Crippen LogP contribution is 2.34. The molecule has 0 radical (unpaired) electrons. The number of ether oxygens (including phenoxy) is 1. The molecule has 0 amide bonds. The van der Waals surface area contributed by atoms with Crippen molar-refractivity contribution in [3.05, 3.63) is 77.4 Å². The van der Waals surface area contributed by atoms with Crippen molar-refractivity contribution in [1.82, 2.24) is 24.4 Å². The van der Waals surface area contributed by atoms with Gasteiger partial charge in [0.2, 0.25) is 0 Å². The van der Waals surface area contributed by atoms with E-state index in [1.54, 1.807) is 6.33 Å². The Morgan fingerprint density at radius 1 is 1.08 bits per heavy atom. The summed E-state index contributed by atoms with van der Waals surface area (Å²) in [6.45, 7) is 11.9. The highest BCUT2D eigenvalue weighted by Gasteiger charge is 2.26. The minimum Gasteiger partial charge on any atom is -0.474 e. The molecule has 1 aliphatic rings. The number of anilines is 1. The number of nitrogens with zero attached hydrogens (tertiary/aromatic N) is 5. The normalized spacial score (nSPS) is 16.1. The molecule has 1 unspecified atom stereocenters. The third-order valence-corrected chi connectivity index (χ3v) is 6.76. The maximum absolute atomic E-state index is 6.61. The number of fused-ring (bicyclic) bond motifs is 1. The van der Waals surface area contributed by atoms with Gasteiger partial charge in [0, 0.05) is 35.4 Å². The van der Waals surface area contributed by atoms with Gasteiger partial charge in [-0.2, -0.15) is 0 Å². The lowest BCUT2D eigenvalue weighted by molar-refractivity contribution is -0.00273. The molecule has 7 nitrogen and oxygen atoms in total. The lowest BCUT2D eigenvalue weighted by Gasteiger charge is -2.37. The fraction of sp³-hybridized carbons (Fsp3) is 0.321. The van der Waals surface area contributed by atoms with Crippen molar-refractivity contribution in [3.8, 4) is 17.1 Å². The zero-order valence-electron chi connectivity index (χ0n) is 21.2. The predicted molar refractivity (Wildman–Crippen MR) is 150 cm³/mol. The molecule has 1 atom stereocenters. The number of rotatable bonds is 6. The summed E-state index contributed by atoms with van der Waals surface area (Å²) in [6.07, 6.45) is 3.58. The maximum atomic E-state index is 6.61. The summed E-state index contributed by atoms with van der Waals surface area (Å²) in [6, 6.07) is 15.4. The lowest BCUT2D eigenvalue weighted by atomic mass is 10.1. The predicted octanol–water partition coefficient (Wildman–Crippen LogP) is 6.95. The van der Waals surface area contributed by atoms with E-state index < -0.39 is 0 Å². The molecular formula is C28H30Cl2N6O. The molecule has 0 spiro atoms. The van der Waals surface area contributed by atoms with E-state index >= 15 is 0 Å². The summed E-state index contributed by atoms with van der Waals surface area (Å²) in [5, 5.41) is 4.88. The van der Waals surface area contributed by atoms with Crippen LogP contribution in [0.1, 0.15) is 33.6 Å². The van der Waals surface area contributed by atoms with Gasteiger partial charge in [-0.25, -0.2) is 15.0 Å². The summed E-state index contributed by atoms with van der Waals surface area (Å²) in [7, 11) is 0. The molecule has 2 aromatic carbocycles. The number of nitrogens with one attached hydrogen (secondary N) is 1. The quantitative estimate of drug-likeness (QED) is 0.269. The van der Waals surface area contributed by atoms with Crippen molar-refractivity contribution in [2.75, 3.05) is 18.4 Å². The van der Waals surface area contributed by atoms with Crippen LogP contribution in [0, 0.1) is 0 Å². The molecule has 4 aromatic rings. The van der Waals surface area contributed by atoms with Crippen LogP contribution in [-0.2, 0) is 4.74 Å².